The Bertz CT molecular complexity index is 3320. The van der Waals surface area contributed by atoms with Gasteiger partial charge in [-0.15, -0.1) is 19.6 Å². The van der Waals surface area contributed by atoms with Crippen molar-refractivity contribution in [3.63, 3.8) is 0 Å². The number of carbonyl (C=O) groups excluding carboxylic acids is 4. The molecule has 8 N–H and O–H groups in total. The van der Waals surface area contributed by atoms with Crippen LogP contribution in [0.3, 0.4) is 0 Å². The number of nitrogens with one attached hydrogen (secondary N) is 4. The average Bonchev–Trinajstić information content (AvgIpc) is 4.04. The second kappa shape index (κ2) is 24.9. The molecule has 5 heterocycles. The summed E-state index contributed by atoms with van der Waals surface area (Å²) in [6, 6.07) is 25.0. The summed E-state index contributed by atoms with van der Waals surface area (Å²) in [5.41, 5.74) is 21.1. The van der Waals surface area contributed by atoms with Crippen LogP contribution in [0.25, 0.3) is 17.2 Å². The summed E-state index contributed by atoms with van der Waals surface area (Å²) in [6.45, 7) is 9.71. The fourth-order valence-corrected chi connectivity index (χ4v) is 9.50. The third-order valence-corrected chi connectivity index (χ3v) is 14.0. The highest BCUT2D eigenvalue weighted by Crippen LogP contribution is 2.38. The lowest BCUT2D eigenvalue weighted by Gasteiger charge is -2.35. The van der Waals surface area contributed by atoms with Crippen LogP contribution in [-0.2, 0) is 9.59 Å². The Kier molecular flexibility index (Phi) is 17.2. The maximum Gasteiger partial charge on any atom is 0.349 e. The van der Waals surface area contributed by atoms with Crippen LogP contribution in [-0.4, -0.2) is 161 Å². The highest BCUT2D eigenvalue weighted by molar-refractivity contribution is 5.96. The maximum atomic E-state index is 14.1. The number of ether oxygens (including phenoxy) is 1. The van der Waals surface area contributed by atoms with E-state index in [1.807, 2.05) is 94.2 Å². The zero-order chi connectivity index (χ0) is 56.5. The van der Waals surface area contributed by atoms with Gasteiger partial charge in [0, 0.05) is 118 Å². The van der Waals surface area contributed by atoms with Gasteiger partial charge in [-0.05, 0) is 136 Å². The van der Waals surface area contributed by atoms with Crippen LogP contribution in [0.15, 0.2) is 116 Å². The summed E-state index contributed by atoms with van der Waals surface area (Å²) in [6.07, 6.45) is 11.5. The van der Waals surface area contributed by atoms with Gasteiger partial charge in [0.1, 0.15) is 5.75 Å². The predicted molar refractivity (Wildman–Crippen MR) is 315 cm³/mol. The molecule has 2 aromatic heterocycles. The van der Waals surface area contributed by atoms with Gasteiger partial charge in [0.05, 0.1) is 12.8 Å². The average molecular weight is 1090 g/mol. The molecule has 1 fully saturated rings. The number of hydrogen-bond donors (Lipinski definition) is 6. The first-order valence-electron chi connectivity index (χ1n) is 26.4. The Morgan fingerprint density at radius 2 is 1.18 bits per heavy atom. The number of rotatable bonds is 17. The smallest absolute Gasteiger partial charge is 0.349 e. The van der Waals surface area contributed by atoms with Crippen molar-refractivity contribution in [1.29, 1.82) is 0 Å². The van der Waals surface area contributed by atoms with Gasteiger partial charge in [0.25, 0.3) is 5.91 Å². The number of benzene rings is 4. The largest absolute Gasteiger partial charge is 0.494 e. The van der Waals surface area contributed by atoms with Gasteiger partial charge in [0.15, 0.2) is 0 Å². The molecule has 0 unspecified atom stereocenters. The van der Waals surface area contributed by atoms with Gasteiger partial charge in [-0.25, -0.2) is 9.59 Å². The normalized spacial score (nSPS) is 14.8. The third kappa shape index (κ3) is 13.4. The lowest BCUT2D eigenvalue weighted by molar-refractivity contribution is -0.124. The van der Waals surface area contributed by atoms with E-state index in [4.69, 9.17) is 16.2 Å². The molecular weight excluding hydrogens is 1020 g/mol. The number of carbonyl (C=O) groups is 4. The highest BCUT2D eigenvalue weighted by atomic mass is 16.5. The molecule has 3 aliphatic heterocycles. The zero-order valence-electron chi connectivity index (χ0n) is 45.7. The summed E-state index contributed by atoms with van der Waals surface area (Å²) in [7, 11) is 9.81. The van der Waals surface area contributed by atoms with Gasteiger partial charge in [-0.2, -0.15) is 9.97 Å². The van der Waals surface area contributed by atoms with Crippen molar-refractivity contribution in [2.75, 3.05) is 130 Å². The van der Waals surface area contributed by atoms with Gasteiger partial charge in [0.2, 0.25) is 29.7 Å². The number of nitrogens with two attached hydrogens (primary N) is 2. The molecule has 0 spiro atoms. The summed E-state index contributed by atoms with van der Waals surface area (Å²) >= 11 is 0. The Labute approximate surface area is 464 Å². The molecule has 6 aromatic rings. The van der Waals surface area contributed by atoms with Crippen LogP contribution < -0.4 is 47.3 Å². The monoisotopic (exact) mass is 1080 g/mol. The second-order valence-electron chi connectivity index (χ2n) is 20.0. The number of methoxy groups -OCH3 is 1. The molecular formula is C57H68N18O5. The number of nitrogens with zero attached hydrogens (tertiary/aromatic N) is 12. The van der Waals surface area contributed by atoms with Gasteiger partial charge in [-0.1, -0.05) is 30.8 Å². The summed E-state index contributed by atoms with van der Waals surface area (Å²) in [5, 5.41) is 20.7. The Balaban J connectivity index is 0.851. The van der Waals surface area contributed by atoms with E-state index < -0.39 is 12.1 Å². The van der Waals surface area contributed by atoms with Crippen molar-refractivity contribution in [2.24, 2.45) is 0 Å². The number of piperazine rings is 1. The molecule has 416 valence electrons. The van der Waals surface area contributed by atoms with E-state index in [1.54, 1.807) is 53.3 Å². The van der Waals surface area contributed by atoms with Crippen molar-refractivity contribution in [2.45, 2.75) is 25.7 Å². The van der Waals surface area contributed by atoms with Crippen LogP contribution in [0, 0.1) is 0 Å². The minimum absolute atomic E-state index is 0.0667. The quantitative estimate of drug-likeness (QED) is 0.0491. The van der Waals surface area contributed by atoms with E-state index >= 15 is 0 Å². The number of allylic oxidation sites excluding steroid dienone is 2. The molecule has 3 aliphatic rings. The first kappa shape index (κ1) is 55.3. The molecule has 9 rings (SSSR count). The van der Waals surface area contributed by atoms with Crippen molar-refractivity contribution in [3.8, 4) is 5.75 Å². The molecule has 4 amide bonds. The Hall–Kier alpha value is -9.48. The number of aromatic nitrogens is 6. The van der Waals surface area contributed by atoms with Crippen LogP contribution >= 0.6 is 0 Å². The topological polar surface area (TPSA) is 259 Å². The molecule has 1 saturated heterocycles. The summed E-state index contributed by atoms with van der Waals surface area (Å²) in [5.74, 6) is 0.235. The Morgan fingerprint density at radius 1 is 0.662 bits per heavy atom. The number of nitrogen functional groups attached to an aromatic ring is 2. The van der Waals surface area contributed by atoms with Crippen LogP contribution in [0.1, 0.15) is 42.4 Å². The van der Waals surface area contributed by atoms with Gasteiger partial charge >= 0.3 is 12.1 Å². The number of likely N-dealkylation sites (N-methyl/N-ethyl adjacent to an activating group) is 3. The van der Waals surface area contributed by atoms with Crippen molar-refractivity contribution < 1.29 is 23.9 Å². The second-order valence-corrected chi connectivity index (χ2v) is 20.0. The molecule has 0 saturated carbocycles. The highest BCUT2D eigenvalue weighted by Gasteiger charge is 2.24. The van der Waals surface area contributed by atoms with Crippen molar-refractivity contribution in [1.82, 2.24) is 49.1 Å². The SMILES string of the molecule is C=CC(=O)N1C=C(c2ccc(NC(=O)n3nc(Nc4cc(/C=C/C(=O)N5C=C(c6ccc(NC(=O)n7nc(Nc8ccc(N(C)CCN(C)C)cc8)nc7N)cc6)CCC5)c(N5CCN(C)CC5)c(OC)c4)nc3N)cc2)CCC1. The van der Waals surface area contributed by atoms with E-state index in [1.165, 1.54) is 6.08 Å². The third-order valence-electron chi connectivity index (χ3n) is 14.0. The van der Waals surface area contributed by atoms with Gasteiger partial charge in [-0.3, -0.25) is 9.59 Å². The van der Waals surface area contributed by atoms with Gasteiger partial charge < -0.3 is 66.9 Å². The number of hydrogen-bond acceptors (Lipinski definition) is 17. The fourth-order valence-electron chi connectivity index (χ4n) is 9.50. The van der Waals surface area contributed by atoms with E-state index in [9.17, 15) is 19.2 Å². The lowest BCUT2D eigenvalue weighted by Crippen LogP contribution is -2.44. The number of amides is 4. The minimum Gasteiger partial charge on any atom is -0.494 e. The van der Waals surface area contributed by atoms with Crippen LogP contribution in [0.5, 0.6) is 5.75 Å². The van der Waals surface area contributed by atoms with E-state index in [2.05, 4.69) is 74.7 Å². The van der Waals surface area contributed by atoms with E-state index in [0.29, 0.717) is 41.5 Å². The zero-order valence-corrected chi connectivity index (χ0v) is 45.7. The standard InChI is InChI=1S/C57H68N18O5/c1-7-49(76)72-26-8-10-41(36-72)38-12-17-44(18-13-38)63-57(79)75-53(59)65-55(67-75)61-46-34-40(51(48(35-46)80-6)71-32-29-69(4)30-33-71)16-25-50(77)73-27-9-11-42(37-73)39-14-19-45(20-15-39)62-56(78)74-52(58)64-54(66-74)60-43-21-23-47(24-22-43)70(5)31-28-68(2)3/h7,12-25,34-37H,1,8-11,26-33H2,2-6H3,(H,62,78)(H,63,79)(H3,58,60,64,66)(H3,59,61,65,67)/b25-16+. The minimum atomic E-state index is -0.619. The van der Waals surface area contributed by atoms with Crippen LogP contribution in [0.2, 0.25) is 0 Å². The molecule has 0 bridgehead atoms. The summed E-state index contributed by atoms with van der Waals surface area (Å²) < 4.78 is 7.97. The summed E-state index contributed by atoms with van der Waals surface area (Å²) in [4.78, 5) is 73.8. The van der Waals surface area contributed by atoms with E-state index in [-0.39, 0.29) is 35.6 Å². The molecule has 0 atom stereocenters. The molecule has 80 heavy (non-hydrogen) atoms. The van der Waals surface area contributed by atoms with E-state index in [0.717, 1.165) is 114 Å². The molecule has 23 nitrogen and oxygen atoms in total. The van der Waals surface area contributed by atoms with Crippen molar-refractivity contribution >= 4 is 99.0 Å². The molecule has 0 radical (unpaired) electrons. The fraction of sp³-hybridized carbons (Fsp3) is 0.298. The first-order chi connectivity index (χ1) is 38.6. The first-order valence-corrected chi connectivity index (χ1v) is 26.4. The van der Waals surface area contributed by atoms with Crippen molar-refractivity contribution in [3.05, 3.63) is 133 Å². The predicted octanol–water partition coefficient (Wildman–Crippen LogP) is 7.27. The Morgan fingerprint density at radius 3 is 1.69 bits per heavy atom. The lowest BCUT2D eigenvalue weighted by atomic mass is 9.99. The maximum absolute atomic E-state index is 14.1. The molecule has 0 aliphatic carbocycles. The molecule has 23 heteroatoms. The molecule has 4 aromatic carbocycles. The number of anilines is 10. The van der Waals surface area contributed by atoms with Crippen LogP contribution in [0.4, 0.5) is 67.5 Å².